The van der Waals surface area contributed by atoms with Crippen molar-refractivity contribution in [2.75, 3.05) is 6.54 Å². The summed E-state index contributed by atoms with van der Waals surface area (Å²) in [6.07, 6.45) is 3.33. The van der Waals surface area contributed by atoms with Crippen LogP contribution in [0.2, 0.25) is 0 Å². The molecule has 0 atom stereocenters. The SMILES string of the molecule is O=C(CN1Cc2ccccc2C1)c1c(-c2ccc3ccccc3c2)nc2occn12. The van der Waals surface area contributed by atoms with Crippen LogP contribution in [0.15, 0.2) is 83.6 Å². The highest BCUT2D eigenvalue weighted by atomic mass is 16.3. The van der Waals surface area contributed by atoms with Gasteiger partial charge in [-0.25, -0.2) is 0 Å². The summed E-state index contributed by atoms with van der Waals surface area (Å²) < 4.78 is 7.27. The molecule has 146 valence electrons. The van der Waals surface area contributed by atoms with Gasteiger partial charge in [-0.15, -0.1) is 0 Å². The van der Waals surface area contributed by atoms with E-state index >= 15 is 0 Å². The number of hydrogen-bond donors (Lipinski definition) is 0. The van der Waals surface area contributed by atoms with Crippen LogP contribution < -0.4 is 0 Å². The predicted molar refractivity (Wildman–Crippen MR) is 115 cm³/mol. The van der Waals surface area contributed by atoms with Gasteiger partial charge in [-0.2, -0.15) is 4.98 Å². The summed E-state index contributed by atoms with van der Waals surface area (Å²) in [7, 11) is 0. The number of oxazole rings is 1. The molecule has 0 aliphatic carbocycles. The average molecular weight is 393 g/mol. The van der Waals surface area contributed by atoms with Gasteiger partial charge in [0.1, 0.15) is 17.7 Å². The van der Waals surface area contributed by atoms with Crippen LogP contribution >= 0.6 is 0 Å². The van der Waals surface area contributed by atoms with Gasteiger partial charge in [-0.1, -0.05) is 60.7 Å². The maximum atomic E-state index is 13.4. The smallest absolute Gasteiger partial charge is 0.306 e. The summed E-state index contributed by atoms with van der Waals surface area (Å²) in [5.41, 5.74) is 4.75. The van der Waals surface area contributed by atoms with Crippen LogP contribution in [-0.2, 0) is 13.1 Å². The topological polar surface area (TPSA) is 50.8 Å². The molecule has 0 saturated carbocycles. The van der Waals surface area contributed by atoms with Crippen LogP contribution in [0.4, 0.5) is 0 Å². The summed E-state index contributed by atoms with van der Waals surface area (Å²) in [5.74, 6) is 0.478. The Morgan fingerprint density at radius 2 is 1.67 bits per heavy atom. The highest BCUT2D eigenvalue weighted by molar-refractivity contribution is 6.03. The van der Waals surface area contributed by atoms with Gasteiger partial charge in [0.05, 0.1) is 6.54 Å². The first-order valence-electron chi connectivity index (χ1n) is 10.0. The lowest BCUT2D eigenvalue weighted by Gasteiger charge is -2.14. The third-order valence-corrected chi connectivity index (χ3v) is 5.82. The molecule has 0 unspecified atom stereocenters. The van der Waals surface area contributed by atoms with Crippen molar-refractivity contribution in [1.29, 1.82) is 0 Å². The second-order valence-electron chi connectivity index (χ2n) is 7.76. The molecule has 0 saturated heterocycles. The number of rotatable bonds is 4. The molecule has 0 radical (unpaired) electrons. The standard InChI is InChI=1S/C25H19N3O2/c29-22(16-27-14-20-7-3-4-8-21(20)15-27)24-23(26-25-28(24)11-12-30-25)19-10-9-17-5-1-2-6-18(17)13-19/h1-13H,14-16H2. The molecule has 0 N–H and O–H groups in total. The van der Waals surface area contributed by atoms with Crippen molar-refractivity contribution in [3.05, 3.63) is 96.0 Å². The van der Waals surface area contributed by atoms with E-state index in [-0.39, 0.29) is 5.78 Å². The Kier molecular flexibility index (Phi) is 3.82. The molecule has 5 heteroatoms. The first-order chi connectivity index (χ1) is 14.8. The van der Waals surface area contributed by atoms with Crippen LogP contribution in [0.5, 0.6) is 0 Å². The van der Waals surface area contributed by atoms with E-state index < -0.39 is 0 Å². The summed E-state index contributed by atoms with van der Waals surface area (Å²) in [6.45, 7) is 1.93. The van der Waals surface area contributed by atoms with Gasteiger partial charge in [0, 0.05) is 24.8 Å². The molecule has 2 aromatic heterocycles. The van der Waals surface area contributed by atoms with Crippen LogP contribution in [0, 0.1) is 0 Å². The maximum Gasteiger partial charge on any atom is 0.306 e. The van der Waals surface area contributed by atoms with Gasteiger partial charge in [0.25, 0.3) is 0 Å². The molecule has 5 nitrogen and oxygen atoms in total. The third kappa shape index (κ3) is 2.75. The molecule has 0 fully saturated rings. The minimum Gasteiger partial charge on any atom is -0.432 e. The Labute approximate surface area is 173 Å². The molecule has 1 aliphatic heterocycles. The quantitative estimate of drug-likeness (QED) is 0.406. The third-order valence-electron chi connectivity index (χ3n) is 5.82. The van der Waals surface area contributed by atoms with Gasteiger partial charge in [0.15, 0.2) is 5.78 Å². The number of carbonyl (C=O) groups is 1. The number of benzene rings is 3. The molecule has 5 aromatic rings. The van der Waals surface area contributed by atoms with Crippen molar-refractivity contribution in [2.45, 2.75) is 13.1 Å². The van der Waals surface area contributed by atoms with Crippen LogP contribution in [0.1, 0.15) is 21.6 Å². The number of imidazole rings is 1. The van der Waals surface area contributed by atoms with Gasteiger partial charge in [-0.3, -0.25) is 14.1 Å². The number of hydrogen-bond acceptors (Lipinski definition) is 4. The van der Waals surface area contributed by atoms with E-state index in [0.29, 0.717) is 23.8 Å². The van der Waals surface area contributed by atoms with E-state index in [2.05, 4.69) is 46.3 Å². The van der Waals surface area contributed by atoms with E-state index in [1.807, 2.05) is 30.3 Å². The highest BCUT2D eigenvalue weighted by Gasteiger charge is 2.26. The zero-order chi connectivity index (χ0) is 20.1. The molecular weight excluding hydrogens is 374 g/mol. The van der Waals surface area contributed by atoms with E-state index in [4.69, 9.17) is 4.42 Å². The van der Waals surface area contributed by atoms with Crippen molar-refractivity contribution in [3.63, 3.8) is 0 Å². The Hall–Kier alpha value is -3.70. The molecule has 6 rings (SSSR count). The minimum absolute atomic E-state index is 0.0415. The molecule has 0 amide bonds. The summed E-state index contributed by atoms with van der Waals surface area (Å²) in [4.78, 5) is 20.3. The fraction of sp³-hybridized carbons (Fsp3) is 0.120. The Morgan fingerprint density at radius 1 is 0.933 bits per heavy atom. The Bertz CT molecular complexity index is 1390. The largest absolute Gasteiger partial charge is 0.432 e. The molecule has 3 aromatic carbocycles. The lowest BCUT2D eigenvalue weighted by atomic mass is 10.0. The average Bonchev–Trinajstić information content (AvgIpc) is 3.46. The monoisotopic (exact) mass is 393 g/mol. The lowest BCUT2D eigenvalue weighted by molar-refractivity contribution is 0.0924. The van der Waals surface area contributed by atoms with Crippen LogP contribution in [0.25, 0.3) is 27.9 Å². The number of ketones is 1. The molecule has 3 heterocycles. The Morgan fingerprint density at radius 3 is 2.47 bits per heavy atom. The summed E-state index contributed by atoms with van der Waals surface area (Å²) in [5, 5.41) is 2.28. The normalized spacial score (nSPS) is 13.9. The first-order valence-corrected chi connectivity index (χ1v) is 10.0. The van der Waals surface area contributed by atoms with E-state index in [0.717, 1.165) is 29.4 Å². The lowest BCUT2D eigenvalue weighted by Crippen LogP contribution is -2.26. The van der Waals surface area contributed by atoms with Gasteiger partial charge >= 0.3 is 5.84 Å². The van der Waals surface area contributed by atoms with E-state index in [1.165, 1.54) is 11.1 Å². The molecule has 0 bridgehead atoms. The van der Waals surface area contributed by atoms with Gasteiger partial charge in [-0.05, 0) is 28.0 Å². The van der Waals surface area contributed by atoms with Crippen LogP contribution in [-0.4, -0.2) is 26.6 Å². The van der Waals surface area contributed by atoms with Crippen LogP contribution in [0.3, 0.4) is 0 Å². The first kappa shape index (κ1) is 17.2. The molecule has 0 spiro atoms. The predicted octanol–water partition coefficient (Wildman–Crippen LogP) is 4.95. The zero-order valence-electron chi connectivity index (χ0n) is 16.3. The number of fused-ring (bicyclic) bond motifs is 3. The number of carbonyl (C=O) groups excluding carboxylic acids is 1. The highest BCUT2D eigenvalue weighted by Crippen LogP contribution is 2.29. The van der Waals surface area contributed by atoms with Crippen molar-refractivity contribution >= 4 is 22.4 Å². The molecular formula is C25H19N3O2. The van der Waals surface area contributed by atoms with E-state index in [1.54, 1.807) is 16.9 Å². The zero-order valence-corrected chi connectivity index (χ0v) is 16.3. The fourth-order valence-electron chi connectivity index (χ4n) is 4.38. The molecule has 30 heavy (non-hydrogen) atoms. The number of aromatic nitrogens is 2. The van der Waals surface area contributed by atoms with Gasteiger partial charge in [0.2, 0.25) is 0 Å². The molecule has 1 aliphatic rings. The Balaban J connectivity index is 1.38. The summed E-state index contributed by atoms with van der Waals surface area (Å²) in [6, 6.07) is 22.7. The van der Waals surface area contributed by atoms with Crippen molar-refractivity contribution < 1.29 is 9.21 Å². The van der Waals surface area contributed by atoms with Crippen molar-refractivity contribution in [1.82, 2.24) is 14.3 Å². The second kappa shape index (κ2) is 6.68. The number of Topliss-reactive ketones (excluding diaryl/α,β-unsaturated/α-hetero) is 1. The fourth-order valence-corrected chi connectivity index (χ4v) is 4.38. The number of nitrogens with zero attached hydrogens (tertiary/aromatic N) is 3. The maximum absolute atomic E-state index is 13.4. The van der Waals surface area contributed by atoms with Crippen molar-refractivity contribution in [2.24, 2.45) is 0 Å². The van der Waals surface area contributed by atoms with E-state index in [9.17, 15) is 4.79 Å². The minimum atomic E-state index is 0.0415. The van der Waals surface area contributed by atoms with Gasteiger partial charge < -0.3 is 4.42 Å². The summed E-state index contributed by atoms with van der Waals surface area (Å²) >= 11 is 0. The van der Waals surface area contributed by atoms with Crippen molar-refractivity contribution in [3.8, 4) is 11.3 Å². The second-order valence-corrected chi connectivity index (χ2v) is 7.76.